The molecule has 0 saturated carbocycles. The Morgan fingerprint density at radius 2 is 1.87 bits per heavy atom. The predicted molar refractivity (Wildman–Crippen MR) is 119 cm³/mol. The Kier molecular flexibility index (Phi) is 6.27. The van der Waals surface area contributed by atoms with Gasteiger partial charge >= 0.3 is 0 Å². The van der Waals surface area contributed by atoms with Crippen LogP contribution in [0.4, 0.5) is 10.1 Å². The number of benzene rings is 3. The molecule has 0 saturated heterocycles. The van der Waals surface area contributed by atoms with E-state index < -0.39 is 16.6 Å². The smallest absolute Gasteiger partial charge is 0.251 e. The van der Waals surface area contributed by atoms with Gasteiger partial charge in [0.05, 0.1) is 22.6 Å². The van der Waals surface area contributed by atoms with Gasteiger partial charge in [0.15, 0.2) is 0 Å². The minimum absolute atomic E-state index is 0.226. The van der Waals surface area contributed by atoms with E-state index in [-0.39, 0.29) is 30.5 Å². The second-order valence-corrected chi connectivity index (χ2v) is 8.96. The third-order valence-electron chi connectivity index (χ3n) is 4.99. The Morgan fingerprint density at radius 3 is 2.61 bits per heavy atom. The molecule has 0 aliphatic carbocycles. The van der Waals surface area contributed by atoms with Crippen molar-refractivity contribution in [3.63, 3.8) is 0 Å². The Hall–Kier alpha value is -2.87. The summed E-state index contributed by atoms with van der Waals surface area (Å²) in [5.41, 5.74) is 2.62. The van der Waals surface area contributed by atoms with Gasteiger partial charge in [-0.05, 0) is 53.6 Å². The van der Waals surface area contributed by atoms with E-state index >= 15 is 0 Å². The maximum atomic E-state index is 13.1. The molecule has 2 atom stereocenters. The van der Waals surface area contributed by atoms with E-state index in [2.05, 4.69) is 10.0 Å². The molecule has 0 fully saturated rings. The molecule has 4 rings (SSSR count). The number of hydrogen-bond acceptors (Lipinski definition) is 4. The number of Topliss-reactive ketones (excluding diaryl/α,β-unsaturated/α-hetero) is 1. The molecule has 1 heterocycles. The maximum Gasteiger partial charge on any atom is 0.251 e. The summed E-state index contributed by atoms with van der Waals surface area (Å²) in [6.45, 7) is 0.226. The van der Waals surface area contributed by atoms with Crippen LogP contribution in [0.15, 0.2) is 66.7 Å². The van der Waals surface area contributed by atoms with Crippen LogP contribution in [0.25, 0.3) is 0 Å². The first-order chi connectivity index (χ1) is 14.9. The van der Waals surface area contributed by atoms with Crippen LogP contribution in [0.1, 0.15) is 31.8 Å². The predicted octanol–water partition coefficient (Wildman–Crippen LogP) is 4.29. The van der Waals surface area contributed by atoms with Crippen LogP contribution in [0.2, 0.25) is 5.02 Å². The number of carbonyl (C=O) groups is 2. The second-order valence-electron chi connectivity index (χ2n) is 7.16. The molecule has 0 spiro atoms. The van der Waals surface area contributed by atoms with Crippen molar-refractivity contribution < 1.29 is 18.5 Å². The molecule has 3 aromatic carbocycles. The molecule has 5 nitrogen and oxygen atoms in total. The number of carbonyl (C=O) groups excluding carboxylic acids is 2. The van der Waals surface area contributed by atoms with Crippen LogP contribution in [0.5, 0.6) is 0 Å². The first-order valence-corrected chi connectivity index (χ1v) is 11.1. The number of rotatable bonds is 5. The lowest BCUT2D eigenvalue weighted by Crippen LogP contribution is -2.41. The third kappa shape index (κ3) is 4.90. The normalized spacial score (nSPS) is 17.6. The molecular formula is C23H18ClFN2O3S. The van der Waals surface area contributed by atoms with Crippen molar-refractivity contribution in [3.8, 4) is 0 Å². The van der Waals surface area contributed by atoms with Gasteiger partial charge < -0.3 is 9.87 Å². The Morgan fingerprint density at radius 1 is 1.10 bits per heavy atom. The molecule has 2 unspecified atom stereocenters. The fourth-order valence-electron chi connectivity index (χ4n) is 3.36. The summed E-state index contributed by atoms with van der Waals surface area (Å²) >= 11 is 4.42. The number of halogens is 2. The van der Waals surface area contributed by atoms with E-state index in [1.165, 1.54) is 18.2 Å². The highest BCUT2D eigenvalue weighted by molar-refractivity contribution is 7.94. The van der Waals surface area contributed by atoms with Crippen molar-refractivity contribution in [2.75, 3.05) is 4.72 Å². The average molecular weight is 457 g/mol. The van der Waals surface area contributed by atoms with E-state index in [0.29, 0.717) is 21.8 Å². The number of fused-ring (bicyclic) bond motifs is 1. The highest BCUT2D eigenvalue weighted by atomic mass is 35.5. The van der Waals surface area contributed by atoms with Gasteiger partial charge in [-0.3, -0.25) is 9.59 Å². The molecule has 3 aromatic rings. The Balaban J connectivity index is 1.50. The van der Waals surface area contributed by atoms with Crippen molar-refractivity contribution >= 4 is 40.3 Å². The number of hydrogen-bond donors (Lipinski definition) is 2. The highest BCUT2D eigenvalue weighted by Crippen LogP contribution is 2.30. The van der Waals surface area contributed by atoms with Crippen LogP contribution in [0, 0.1) is 5.82 Å². The molecule has 158 valence electrons. The topological polar surface area (TPSA) is 81.3 Å². The van der Waals surface area contributed by atoms with Crippen LogP contribution in [0.3, 0.4) is 0 Å². The van der Waals surface area contributed by atoms with Crippen LogP contribution >= 0.6 is 11.6 Å². The standard InChI is InChI=1S/C23H18ClFN2O3S/c24-17-3-1-2-15(10-17)11-21-22(28)19-12-16(6-9-20(19)27-31(21)30)23(29)26-13-14-4-7-18(25)8-5-14/h1-10,12,21,27H,11,13H2,(H,26,29). The monoisotopic (exact) mass is 456 g/mol. The lowest BCUT2D eigenvalue weighted by Gasteiger charge is -2.27. The van der Waals surface area contributed by atoms with Gasteiger partial charge in [0.25, 0.3) is 5.91 Å². The van der Waals surface area contributed by atoms with E-state index in [1.807, 2.05) is 6.07 Å². The van der Waals surface area contributed by atoms with Gasteiger partial charge in [-0.25, -0.2) is 9.11 Å². The van der Waals surface area contributed by atoms with E-state index in [0.717, 1.165) is 11.1 Å². The van der Waals surface area contributed by atoms with Gasteiger partial charge in [0.2, 0.25) is 11.0 Å². The minimum atomic E-state index is -1.60. The Labute approximate surface area is 186 Å². The highest BCUT2D eigenvalue weighted by Gasteiger charge is 2.39. The minimum Gasteiger partial charge on any atom is -0.592 e. The molecule has 2 N–H and O–H groups in total. The number of amides is 1. The molecule has 0 aromatic heterocycles. The number of ketones is 1. The second kappa shape index (κ2) is 9.09. The zero-order valence-electron chi connectivity index (χ0n) is 16.2. The number of nitrogens with one attached hydrogen (secondary N) is 2. The SMILES string of the molecule is O=C(NCc1ccc(F)cc1)c1ccc2c(c1)C(=O)C(Cc1cccc(Cl)c1)[S+]([O-])N2. The zero-order chi connectivity index (χ0) is 22.0. The molecule has 1 aliphatic rings. The quantitative estimate of drug-likeness (QED) is 0.561. The summed E-state index contributed by atoms with van der Waals surface area (Å²) in [7, 11) is 0. The van der Waals surface area contributed by atoms with Crippen LogP contribution < -0.4 is 10.0 Å². The van der Waals surface area contributed by atoms with E-state index in [4.69, 9.17) is 11.6 Å². The van der Waals surface area contributed by atoms with Gasteiger partial charge in [0.1, 0.15) is 5.82 Å². The molecule has 1 amide bonds. The van der Waals surface area contributed by atoms with Crippen molar-refractivity contribution in [1.82, 2.24) is 5.32 Å². The summed E-state index contributed by atoms with van der Waals surface area (Å²) in [5, 5.41) is 2.51. The summed E-state index contributed by atoms with van der Waals surface area (Å²) in [5.74, 6) is -1.00. The van der Waals surface area contributed by atoms with Crippen molar-refractivity contribution in [2.24, 2.45) is 0 Å². The van der Waals surface area contributed by atoms with Gasteiger partial charge in [-0.2, -0.15) is 0 Å². The van der Waals surface area contributed by atoms with Crippen molar-refractivity contribution in [3.05, 3.63) is 99.8 Å². The summed E-state index contributed by atoms with van der Waals surface area (Å²) < 4.78 is 28.5. The average Bonchev–Trinajstić information content (AvgIpc) is 2.76. The molecule has 31 heavy (non-hydrogen) atoms. The van der Waals surface area contributed by atoms with Gasteiger partial charge in [0, 0.05) is 23.6 Å². The van der Waals surface area contributed by atoms with E-state index in [1.54, 1.807) is 42.5 Å². The Bertz CT molecular complexity index is 1140. The zero-order valence-corrected chi connectivity index (χ0v) is 17.8. The van der Waals surface area contributed by atoms with Crippen molar-refractivity contribution in [2.45, 2.75) is 18.2 Å². The lowest BCUT2D eigenvalue weighted by atomic mass is 9.98. The first-order valence-electron chi connectivity index (χ1n) is 9.53. The fraction of sp³-hybridized carbons (Fsp3) is 0.130. The largest absolute Gasteiger partial charge is 0.592 e. The third-order valence-corrected chi connectivity index (χ3v) is 6.54. The van der Waals surface area contributed by atoms with Gasteiger partial charge in [-0.1, -0.05) is 35.9 Å². The van der Waals surface area contributed by atoms with Crippen LogP contribution in [-0.4, -0.2) is 21.5 Å². The lowest BCUT2D eigenvalue weighted by molar-refractivity contribution is 0.0951. The summed E-state index contributed by atoms with van der Waals surface area (Å²) in [6, 6.07) is 17.5. The van der Waals surface area contributed by atoms with E-state index in [9.17, 15) is 18.5 Å². The summed E-state index contributed by atoms with van der Waals surface area (Å²) in [6.07, 6.45) is 0.263. The summed E-state index contributed by atoms with van der Waals surface area (Å²) in [4.78, 5) is 25.6. The first kappa shape index (κ1) is 21.4. The van der Waals surface area contributed by atoms with Gasteiger partial charge in [-0.15, -0.1) is 0 Å². The fourth-order valence-corrected chi connectivity index (χ4v) is 4.78. The van der Waals surface area contributed by atoms with Crippen molar-refractivity contribution in [1.29, 1.82) is 0 Å². The molecular weight excluding hydrogens is 439 g/mol. The number of anilines is 1. The molecule has 8 heteroatoms. The molecule has 0 bridgehead atoms. The molecule has 0 radical (unpaired) electrons. The molecule has 1 aliphatic heterocycles. The van der Waals surface area contributed by atoms with Crippen LogP contribution in [-0.2, 0) is 24.3 Å². The maximum absolute atomic E-state index is 13.1.